The van der Waals surface area contributed by atoms with Crippen molar-refractivity contribution in [1.82, 2.24) is 10.3 Å². The Morgan fingerprint density at radius 2 is 2.08 bits per heavy atom. The molecule has 0 aliphatic rings. The van der Waals surface area contributed by atoms with Crippen LogP contribution in [0.25, 0.3) is 11.1 Å². The molecule has 0 atom stereocenters. The van der Waals surface area contributed by atoms with Gasteiger partial charge in [-0.3, -0.25) is 9.78 Å². The fourth-order valence-electron chi connectivity index (χ4n) is 2.40. The number of pyridine rings is 1. The molecular weight excluding hydrogens is 320 g/mol. The van der Waals surface area contributed by atoms with Gasteiger partial charge in [-0.05, 0) is 51.7 Å². The number of benzene rings is 1. The average Bonchev–Trinajstić information content (AvgIpc) is 3.15. The van der Waals surface area contributed by atoms with Gasteiger partial charge in [0, 0.05) is 24.5 Å². The highest BCUT2D eigenvalue weighted by atomic mass is 32.1. The van der Waals surface area contributed by atoms with E-state index in [9.17, 15) is 4.79 Å². The summed E-state index contributed by atoms with van der Waals surface area (Å²) >= 11 is 1.65. The molecule has 4 nitrogen and oxygen atoms in total. The first-order chi connectivity index (χ1) is 11.7. The second-order valence-corrected chi connectivity index (χ2v) is 6.18. The molecule has 0 bridgehead atoms. The smallest absolute Gasteiger partial charge is 0.224 e. The van der Waals surface area contributed by atoms with Crippen LogP contribution in [0.2, 0.25) is 0 Å². The van der Waals surface area contributed by atoms with Crippen LogP contribution < -0.4 is 10.1 Å². The summed E-state index contributed by atoms with van der Waals surface area (Å²) in [6, 6.07) is 11.7. The normalized spacial score (nSPS) is 10.4. The van der Waals surface area contributed by atoms with Crippen LogP contribution >= 0.6 is 11.3 Å². The van der Waals surface area contributed by atoms with Crippen LogP contribution in [0.15, 0.2) is 59.6 Å². The van der Waals surface area contributed by atoms with Gasteiger partial charge < -0.3 is 10.1 Å². The summed E-state index contributed by atoms with van der Waals surface area (Å²) in [7, 11) is 1.62. The van der Waals surface area contributed by atoms with Gasteiger partial charge >= 0.3 is 0 Å². The van der Waals surface area contributed by atoms with Gasteiger partial charge in [0.25, 0.3) is 0 Å². The third-order valence-corrected chi connectivity index (χ3v) is 4.32. The van der Waals surface area contributed by atoms with Gasteiger partial charge in [-0.2, -0.15) is 11.3 Å². The number of nitrogens with one attached hydrogen (secondary N) is 1. The SMILES string of the molecule is COc1cccc(CC(=O)NCc2cncc(-c3ccsc3)c2)c1. The van der Waals surface area contributed by atoms with Crippen LogP contribution in [0.1, 0.15) is 11.1 Å². The molecular formula is C19H18N2O2S. The predicted molar refractivity (Wildman–Crippen MR) is 96.1 cm³/mol. The third-order valence-electron chi connectivity index (χ3n) is 3.64. The van der Waals surface area contributed by atoms with E-state index in [4.69, 9.17) is 4.74 Å². The number of rotatable bonds is 6. The van der Waals surface area contributed by atoms with Crippen molar-refractivity contribution in [2.45, 2.75) is 13.0 Å². The number of hydrogen-bond donors (Lipinski definition) is 1. The highest BCUT2D eigenvalue weighted by molar-refractivity contribution is 7.08. The van der Waals surface area contributed by atoms with E-state index < -0.39 is 0 Å². The number of carbonyl (C=O) groups is 1. The molecule has 0 radical (unpaired) electrons. The molecule has 3 rings (SSSR count). The summed E-state index contributed by atoms with van der Waals surface area (Å²) in [6.45, 7) is 0.466. The lowest BCUT2D eigenvalue weighted by Crippen LogP contribution is -2.24. The van der Waals surface area contributed by atoms with E-state index in [0.717, 1.165) is 28.0 Å². The van der Waals surface area contributed by atoms with Crippen LogP contribution in [0.3, 0.4) is 0 Å². The Bertz CT molecular complexity index is 816. The van der Waals surface area contributed by atoms with E-state index in [1.54, 1.807) is 24.6 Å². The maximum atomic E-state index is 12.1. The first kappa shape index (κ1) is 16.2. The van der Waals surface area contributed by atoms with Crippen LogP contribution in [0, 0.1) is 0 Å². The number of carbonyl (C=O) groups excluding carboxylic acids is 1. The van der Waals surface area contributed by atoms with Crippen molar-refractivity contribution in [3.63, 3.8) is 0 Å². The molecule has 0 saturated heterocycles. The standard InChI is InChI=1S/C19H18N2O2S/c1-23-18-4-2-3-14(8-18)9-19(22)21-11-15-7-17(12-20-10-15)16-5-6-24-13-16/h2-8,10,12-13H,9,11H2,1H3,(H,21,22). The Morgan fingerprint density at radius 1 is 1.17 bits per heavy atom. The molecule has 5 heteroatoms. The Morgan fingerprint density at radius 3 is 2.88 bits per heavy atom. The fraction of sp³-hybridized carbons (Fsp3) is 0.158. The van der Waals surface area contributed by atoms with Crippen LogP contribution in [0.4, 0.5) is 0 Å². The topological polar surface area (TPSA) is 51.2 Å². The minimum absolute atomic E-state index is 0.0239. The molecule has 3 aromatic rings. The molecule has 0 unspecified atom stereocenters. The van der Waals surface area contributed by atoms with E-state index in [-0.39, 0.29) is 5.91 Å². The number of thiophene rings is 1. The zero-order valence-electron chi connectivity index (χ0n) is 13.4. The van der Waals surface area contributed by atoms with Crippen molar-refractivity contribution >= 4 is 17.2 Å². The van der Waals surface area contributed by atoms with E-state index in [1.807, 2.05) is 35.8 Å². The van der Waals surface area contributed by atoms with Crippen molar-refractivity contribution in [2.75, 3.05) is 7.11 Å². The van der Waals surface area contributed by atoms with Crippen LogP contribution in [-0.2, 0) is 17.8 Å². The van der Waals surface area contributed by atoms with Crippen molar-refractivity contribution < 1.29 is 9.53 Å². The molecule has 2 aromatic heterocycles. The maximum Gasteiger partial charge on any atom is 0.224 e. The van der Waals surface area contributed by atoms with Gasteiger partial charge in [-0.1, -0.05) is 12.1 Å². The molecule has 0 saturated carbocycles. The summed E-state index contributed by atoms with van der Waals surface area (Å²) in [5.41, 5.74) is 4.13. The fourth-order valence-corrected chi connectivity index (χ4v) is 3.07. The van der Waals surface area contributed by atoms with Crippen molar-refractivity contribution in [3.05, 3.63) is 70.7 Å². The summed E-state index contributed by atoms with van der Waals surface area (Å²) in [5.74, 6) is 0.733. The van der Waals surface area contributed by atoms with Gasteiger partial charge in [0.1, 0.15) is 5.75 Å². The molecule has 1 N–H and O–H groups in total. The van der Waals surface area contributed by atoms with E-state index in [0.29, 0.717) is 13.0 Å². The number of methoxy groups -OCH3 is 1. The second kappa shape index (κ2) is 7.75. The van der Waals surface area contributed by atoms with Crippen molar-refractivity contribution in [2.24, 2.45) is 0 Å². The lowest BCUT2D eigenvalue weighted by atomic mass is 10.1. The second-order valence-electron chi connectivity index (χ2n) is 5.40. The van der Waals surface area contributed by atoms with Crippen molar-refractivity contribution in [1.29, 1.82) is 0 Å². The van der Waals surface area contributed by atoms with Gasteiger partial charge in [-0.25, -0.2) is 0 Å². The van der Waals surface area contributed by atoms with E-state index in [2.05, 4.69) is 27.8 Å². The van der Waals surface area contributed by atoms with Gasteiger partial charge in [0.2, 0.25) is 5.91 Å². The Kier molecular flexibility index (Phi) is 5.23. The monoisotopic (exact) mass is 338 g/mol. The zero-order chi connectivity index (χ0) is 16.8. The van der Waals surface area contributed by atoms with Gasteiger partial charge in [0.05, 0.1) is 13.5 Å². The number of hydrogen-bond acceptors (Lipinski definition) is 4. The molecule has 1 amide bonds. The Labute approximate surface area is 145 Å². The summed E-state index contributed by atoms with van der Waals surface area (Å²) in [5, 5.41) is 7.07. The predicted octanol–water partition coefficient (Wildman–Crippen LogP) is 3.68. The molecule has 0 spiro atoms. The van der Waals surface area contributed by atoms with Crippen LogP contribution in [-0.4, -0.2) is 18.0 Å². The summed E-state index contributed by atoms with van der Waals surface area (Å²) in [4.78, 5) is 16.4. The quantitative estimate of drug-likeness (QED) is 0.746. The number of ether oxygens (including phenoxy) is 1. The maximum absolute atomic E-state index is 12.1. The molecule has 24 heavy (non-hydrogen) atoms. The first-order valence-electron chi connectivity index (χ1n) is 7.61. The lowest BCUT2D eigenvalue weighted by Gasteiger charge is -2.07. The van der Waals surface area contributed by atoms with Gasteiger partial charge in [0.15, 0.2) is 0 Å². The lowest BCUT2D eigenvalue weighted by molar-refractivity contribution is -0.120. The van der Waals surface area contributed by atoms with Crippen LogP contribution in [0.5, 0.6) is 5.75 Å². The Hall–Kier alpha value is -2.66. The summed E-state index contributed by atoms with van der Waals surface area (Å²) in [6.07, 6.45) is 3.94. The van der Waals surface area contributed by atoms with Crippen molar-refractivity contribution in [3.8, 4) is 16.9 Å². The molecule has 122 valence electrons. The highest BCUT2D eigenvalue weighted by Crippen LogP contribution is 2.21. The zero-order valence-corrected chi connectivity index (χ0v) is 14.2. The highest BCUT2D eigenvalue weighted by Gasteiger charge is 2.06. The minimum atomic E-state index is -0.0239. The summed E-state index contributed by atoms with van der Waals surface area (Å²) < 4.78 is 5.18. The number of aromatic nitrogens is 1. The average molecular weight is 338 g/mol. The molecule has 1 aromatic carbocycles. The van der Waals surface area contributed by atoms with Gasteiger partial charge in [-0.15, -0.1) is 0 Å². The largest absolute Gasteiger partial charge is 0.497 e. The van der Waals surface area contributed by atoms with E-state index >= 15 is 0 Å². The molecule has 0 aliphatic carbocycles. The third kappa shape index (κ3) is 4.20. The minimum Gasteiger partial charge on any atom is -0.497 e. The molecule has 2 heterocycles. The number of nitrogens with zero attached hydrogens (tertiary/aromatic N) is 1. The first-order valence-corrected chi connectivity index (χ1v) is 8.55. The molecule has 0 aliphatic heterocycles. The molecule has 0 fully saturated rings. The van der Waals surface area contributed by atoms with E-state index in [1.165, 1.54) is 0 Å². The number of amides is 1. The Balaban J connectivity index is 1.59.